The molecule has 3 rings (SSSR count). The summed E-state index contributed by atoms with van der Waals surface area (Å²) in [6.45, 7) is 1.61. The Balaban J connectivity index is 1.59. The van der Waals surface area contributed by atoms with Gasteiger partial charge in [0.1, 0.15) is 5.82 Å². The lowest BCUT2D eigenvalue weighted by Gasteiger charge is -2.22. The second-order valence-electron chi connectivity index (χ2n) is 5.91. The van der Waals surface area contributed by atoms with Gasteiger partial charge in [0.05, 0.1) is 0 Å². The van der Waals surface area contributed by atoms with Crippen LogP contribution in [-0.4, -0.2) is 24.5 Å². The van der Waals surface area contributed by atoms with Gasteiger partial charge in [0.2, 0.25) is 0 Å². The van der Waals surface area contributed by atoms with Gasteiger partial charge in [-0.05, 0) is 37.1 Å². The molecule has 0 radical (unpaired) electrons. The molecule has 1 atom stereocenters. The number of fused-ring (bicyclic) bond motifs is 1. The summed E-state index contributed by atoms with van der Waals surface area (Å²) in [5.74, 6) is -1.38. The maximum absolute atomic E-state index is 13.5. The van der Waals surface area contributed by atoms with Crippen molar-refractivity contribution in [3.05, 3.63) is 71.6 Å². The molecule has 1 heterocycles. The van der Waals surface area contributed by atoms with Gasteiger partial charge in [-0.1, -0.05) is 36.4 Å². The Kier molecular flexibility index (Phi) is 4.93. The van der Waals surface area contributed by atoms with Crippen LogP contribution in [0, 0.1) is 5.82 Å². The molecule has 0 spiro atoms. The Bertz CT molecular complexity index is 831. The smallest absolute Gasteiger partial charge is 0.331 e. The number of anilines is 1. The minimum Gasteiger partial charge on any atom is -0.452 e. The lowest BCUT2D eigenvalue weighted by Crippen LogP contribution is -2.38. The molecule has 0 fully saturated rings. The van der Waals surface area contributed by atoms with Gasteiger partial charge in [0.15, 0.2) is 6.61 Å². The normalized spacial score (nSPS) is 16.1. The van der Waals surface area contributed by atoms with E-state index in [0.29, 0.717) is 0 Å². The zero-order valence-corrected chi connectivity index (χ0v) is 13.8. The molecule has 0 bridgehead atoms. The van der Waals surface area contributed by atoms with Crippen LogP contribution in [0.3, 0.4) is 0 Å². The molecule has 0 N–H and O–H groups in total. The van der Waals surface area contributed by atoms with Crippen molar-refractivity contribution in [2.24, 2.45) is 0 Å². The van der Waals surface area contributed by atoms with E-state index in [4.69, 9.17) is 4.74 Å². The van der Waals surface area contributed by atoms with Crippen molar-refractivity contribution in [2.75, 3.05) is 11.5 Å². The molecule has 0 unspecified atom stereocenters. The zero-order chi connectivity index (χ0) is 17.8. The predicted octanol–water partition coefficient (Wildman–Crippen LogP) is 3.36. The number of carbonyl (C=O) groups excluding carboxylic acids is 2. The number of hydrogen-bond acceptors (Lipinski definition) is 3. The van der Waals surface area contributed by atoms with E-state index in [1.54, 1.807) is 23.1 Å². The quantitative estimate of drug-likeness (QED) is 0.634. The van der Waals surface area contributed by atoms with Crippen molar-refractivity contribution in [3.8, 4) is 0 Å². The minimum atomic E-state index is -0.684. The Labute approximate surface area is 145 Å². The fourth-order valence-electron chi connectivity index (χ4n) is 2.96. The Morgan fingerprint density at radius 1 is 1.20 bits per heavy atom. The van der Waals surface area contributed by atoms with Crippen LogP contribution < -0.4 is 4.90 Å². The number of para-hydroxylation sites is 1. The van der Waals surface area contributed by atoms with Crippen molar-refractivity contribution in [1.82, 2.24) is 0 Å². The number of nitrogens with zero attached hydrogens (tertiary/aromatic N) is 1. The van der Waals surface area contributed by atoms with Crippen LogP contribution in [-0.2, 0) is 20.7 Å². The summed E-state index contributed by atoms with van der Waals surface area (Å²) in [5.41, 5.74) is 2.25. The van der Waals surface area contributed by atoms with Crippen LogP contribution in [0.4, 0.5) is 10.1 Å². The third-order valence-electron chi connectivity index (χ3n) is 4.12. The fourth-order valence-corrected chi connectivity index (χ4v) is 2.96. The number of halogens is 1. The van der Waals surface area contributed by atoms with Gasteiger partial charge in [0.25, 0.3) is 5.91 Å². The van der Waals surface area contributed by atoms with Crippen LogP contribution in [0.5, 0.6) is 0 Å². The molecule has 0 aliphatic carbocycles. The first-order valence-corrected chi connectivity index (χ1v) is 8.05. The molecule has 2 aromatic rings. The minimum absolute atomic E-state index is 0.0255. The van der Waals surface area contributed by atoms with Gasteiger partial charge in [-0.3, -0.25) is 4.79 Å². The number of benzene rings is 2. The molecule has 1 amide bonds. The van der Waals surface area contributed by atoms with Crippen molar-refractivity contribution in [3.63, 3.8) is 0 Å². The van der Waals surface area contributed by atoms with E-state index in [1.807, 2.05) is 31.2 Å². The lowest BCUT2D eigenvalue weighted by molar-refractivity contribution is -0.143. The SMILES string of the molecule is C[C@@H]1Cc2ccccc2N1C(=O)COC(=O)/C=C/c1ccccc1F. The van der Waals surface area contributed by atoms with Gasteiger partial charge in [0, 0.05) is 23.4 Å². The molecule has 0 saturated carbocycles. The molecule has 1 aliphatic heterocycles. The number of esters is 1. The second kappa shape index (κ2) is 7.30. The van der Waals surface area contributed by atoms with E-state index in [-0.39, 0.29) is 24.1 Å². The van der Waals surface area contributed by atoms with Gasteiger partial charge < -0.3 is 9.64 Å². The summed E-state index contributed by atoms with van der Waals surface area (Å²) >= 11 is 0. The lowest BCUT2D eigenvalue weighted by atomic mass is 10.1. The van der Waals surface area contributed by atoms with E-state index < -0.39 is 11.8 Å². The van der Waals surface area contributed by atoms with Crippen molar-refractivity contribution in [2.45, 2.75) is 19.4 Å². The molecule has 2 aromatic carbocycles. The standard InChI is InChI=1S/C20H18FNO3/c1-14-12-16-7-3-5-9-18(16)22(14)19(23)13-25-20(24)11-10-15-6-2-4-8-17(15)21/h2-11,14H,12-13H2,1H3/b11-10+/t14-/m1/s1. The summed E-state index contributed by atoms with van der Waals surface area (Å²) in [4.78, 5) is 25.8. The van der Waals surface area contributed by atoms with Gasteiger partial charge in [-0.25, -0.2) is 9.18 Å². The van der Waals surface area contributed by atoms with Gasteiger partial charge >= 0.3 is 5.97 Å². The van der Waals surface area contributed by atoms with Crippen LogP contribution >= 0.6 is 0 Å². The number of ether oxygens (including phenoxy) is 1. The molecule has 0 aromatic heterocycles. The average Bonchev–Trinajstić information content (AvgIpc) is 2.94. The third-order valence-corrected chi connectivity index (χ3v) is 4.12. The summed E-state index contributed by atoms with van der Waals surface area (Å²) in [5, 5.41) is 0. The van der Waals surface area contributed by atoms with Crippen molar-refractivity contribution >= 4 is 23.6 Å². The molecule has 5 heteroatoms. The molecule has 1 aliphatic rings. The van der Waals surface area contributed by atoms with E-state index in [2.05, 4.69) is 0 Å². The third kappa shape index (κ3) is 3.76. The fraction of sp³-hybridized carbons (Fsp3) is 0.200. The van der Waals surface area contributed by atoms with E-state index in [0.717, 1.165) is 23.7 Å². The maximum atomic E-state index is 13.5. The monoisotopic (exact) mass is 339 g/mol. The number of amides is 1. The van der Waals surface area contributed by atoms with E-state index in [1.165, 1.54) is 12.1 Å². The highest BCUT2D eigenvalue weighted by molar-refractivity contribution is 5.98. The van der Waals surface area contributed by atoms with Crippen LogP contribution in [0.25, 0.3) is 6.08 Å². The second-order valence-corrected chi connectivity index (χ2v) is 5.91. The molecule has 25 heavy (non-hydrogen) atoms. The van der Waals surface area contributed by atoms with Gasteiger partial charge in [-0.15, -0.1) is 0 Å². The number of carbonyl (C=O) groups is 2. The first-order chi connectivity index (χ1) is 12.1. The molecule has 0 saturated heterocycles. The van der Waals surface area contributed by atoms with E-state index >= 15 is 0 Å². The summed E-state index contributed by atoms with van der Waals surface area (Å²) in [6.07, 6.45) is 3.23. The zero-order valence-electron chi connectivity index (χ0n) is 13.8. The average molecular weight is 339 g/mol. The van der Waals surface area contributed by atoms with Crippen molar-refractivity contribution in [1.29, 1.82) is 0 Å². The highest BCUT2D eigenvalue weighted by Gasteiger charge is 2.30. The Morgan fingerprint density at radius 3 is 2.72 bits per heavy atom. The number of rotatable bonds is 4. The first kappa shape index (κ1) is 16.9. The molecular formula is C20H18FNO3. The highest BCUT2D eigenvalue weighted by Crippen LogP contribution is 2.31. The summed E-state index contributed by atoms with van der Waals surface area (Å²) in [7, 11) is 0. The Morgan fingerprint density at radius 2 is 1.92 bits per heavy atom. The van der Waals surface area contributed by atoms with Crippen LogP contribution in [0.1, 0.15) is 18.1 Å². The predicted molar refractivity (Wildman–Crippen MR) is 93.5 cm³/mol. The maximum Gasteiger partial charge on any atom is 0.331 e. The Hall–Kier alpha value is -2.95. The molecular weight excluding hydrogens is 321 g/mol. The summed E-state index contributed by atoms with van der Waals surface area (Å²) < 4.78 is 18.5. The van der Waals surface area contributed by atoms with Crippen molar-refractivity contribution < 1.29 is 18.7 Å². The highest BCUT2D eigenvalue weighted by atomic mass is 19.1. The van der Waals surface area contributed by atoms with Gasteiger partial charge in [-0.2, -0.15) is 0 Å². The topological polar surface area (TPSA) is 46.6 Å². The first-order valence-electron chi connectivity index (χ1n) is 8.05. The van der Waals surface area contributed by atoms with Crippen LogP contribution in [0.2, 0.25) is 0 Å². The molecule has 4 nitrogen and oxygen atoms in total. The number of hydrogen-bond donors (Lipinski definition) is 0. The van der Waals surface area contributed by atoms with E-state index in [9.17, 15) is 14.0 Å². The molecule has 128 valence electrons. The van der Waals surface area contributed by atoms with Crippen LogP contribution in [0.15, 0.2) is 54.6 Å². The summed E-state index contributed by atoms with van der Waals surface area (Å²) in [6, 6.07) is 13.8. The largest absolute Gasteiger partial charge is 0.452 e.